The zero-order valence-electron chi connectivity index (χ0n) is 19.2. The second kappa shape index (κ2) is 19.7. The normalized spacial score (nSPS) is 11.3. The van der Waals surface area contributed by atoms with E-state index in [0.717, 1.165) is 18.4 Å². The standard InChI is InChI=1S/C27H43ClO2/c1-2-3-4-5-6-7-8-9-10-11-12-13-14-15-16-17-24-30-27(29)23-20-25-18-21-26(28)22-19-25/h18-23H,2-17,24H2,1H3. The van der Waals surface area contributed by atoms with Gasteiger partial charge in [0, 0.05) is 11.1 Å². The molecule has 0 aliphatic rings. The van der Waals surface area contributed by atoms with Gasteiger partial charge in [-0.25, -0.2) is 4.79 Å². The Bertz CT molecular complexity index is 550. The highest BCUT2D eigenvalue weighted by atomic mass is 35.5. The van der Waals surface area contributed by atoms with Crippen LogP contribution in [0, 0.1) is 0 Å². The SMILES string of the molecule is CCCCCCCCCCCCCCCCCCOC(=O)C=Cc1ccc(Cl)cc1. The topological polar surface area (TPSA) is 26.3 Å². The van der Waals surface area contributed by atoms with E-state index in [1.54, 1.807) is 6.08 Å². The van der Waals surface area contributed by atoms with E-state index in [0.29, 0.717) is 11.6 Å². The average Bonchev–Trinajstić information content (AvgIpc) is 2.75. The first kappa shape index (κ1) is 26.8. The van der Waals surface area contributed by atoms with E-state index in [1.807, 2.05) is 24.3 Å². The van der Waals surface area contributed by atoms with Crippen molar-refractivity contribution in [2.24, 2.45) is 0 Å². The van der Waals surface area contributed by atoms with Crippen LogP contribution < -0.4 is 0 Å². The Morgan fingerprint density at radius 2 is 1.17 bits per heavy atom. The molecule has 0 aliphatic heterocycles. The molecule has 3 heteroatoms. The second-order valence-electron chi connectivity index (χ2n) is 8.36. The van der Waals surface area contributed by atoms with Crippen molar-refractivity contribution in [3.63, 3.8) is 0 Å². The van der Waals surface area contributed by atoms with E-state index in [4.69, 9.17) is 16.3 Å². The Morgan fingerprint density at radius 3 is 1.63 bits per heavy atom. The quantitative estimate of drug-likeness (QED) is 0.123. The molecule has 30 heavy (non-hydrogen) atoms. The molecule has 0 atom stereocenters. The van der Waals surface area contributed by atoms with Crippen molar-refractivity contribution in [2.45, 2.75) is 110 Å². The number of esters is 1. The predicted octanol–water partition coefficient (Wildman–Crippen LogP) is 9.16. The largest absolute Gasteiger partial charge is 0.463 e. The Balaban J connectivity index is 1.81. The lowest BCUT2D eigenvalue weighted by atomic mass is 10.0. The molecule has 0 saturated heterocycles. The second-order valence-corrected chi connectivity index (χ2v) is 8.79. The smallest absolute Gasteiger partial charge is 0.330 e. The summed E-state index contributed by atoms with van der Waals surface area (Å²) in [6, 6.07) is 7.37. The molecule has 0 spiro atoms. The molecule has 0 N–H and O–H groups in total. The molecule has 2 nitrogen and oxygen atoms in total. The summed E-state index contributed by atoms with van der Waals surface area (Å²) in [4.78, 5) is 11.7. The molecule has 0 bridgehead atoms. The van der Waals surface area contributed by atoms with Crippen LogP contribution in [0.4, 0.5) is 0 Å². The fourth-order valence-corrected chi connectivity index (χ4v) is 3.74. The zero-order valence-corrected chi connectivity index (χ0v) is 19.9. The van der Waals surface area contributed by atoms with E-state index in [9.17, 15) is 4.79 Å². The zero-order chi connectivity index (χ0) is 21.7. The highest BCUT2D eigenvalue weighted by molar-refractivity contribution is 6.30. The van der Waals surface area contributed by atoms with Crippen LogP contribution >= 0.6 is 11.6 Å². The fraction of sp³-hybridized carbons (Fsp3) is 0.667. The van der Waals surface area contributed by atoms with Crippen molar-refractivity contribution >= 4 is 23.6 Å². The van der Waals surface area contributed by atoms with Gasteiger partial charge in [0.25, 0.3) is 0 Å². The summed E-state index contributed by atoms with van der Waals surface area (Å²) in [5, 5.41) is 0.693. The molecule has 170 valence electrons. The minimum atomic E-state index is -0.272. The number of ether oxygens (including phenoxy) is 1. The molecular weight excluding hydrogens is 392 g/mol. The highest BCUT2D eigenvalue weighted by Gasteiger charge is 1.98. The molecule has 1 aromatic rings. The molecule has 0 amide bonds. The van der Waals surface area contributed by atoms with Crippen molar-refractivity contribution in [1.29, 1.82) is 0 Å². The highest BCUT2D eigenvalue weighted by Crippen LogP contribution is 2.14. The first-order chi connectivity index (χ1) is 14.7. The van der Waals surface area contributed by atoms with Crippen LogP contribution in [-0.4, -0.2) is 12.6 Å². The van der Waals surface area contributed by atoms with Crippen molar-refractivity contribution in [1.82, 2.24) is 0 Å². The molecular formula is C27H43ClO2. The molecule has 0 unspecified atom stereocenters. The van der Waals surface area contributed by atoms with Crippen molar-refractivity contribution in [2.75, 3.05) is 6.61 Å². The van der Waals surface area contributed by atoms with Crippen LogP contribution in [0.25, 0.3) is 6.08 Å². The lowest BCUT2D eigenvalue weighted by molar-refractivity contribution is -0.137. The summed E-state index contributed by atoms with van der Waals surface area (Å²) in [5.74, 6) is -0.272. The number of hydrogen-bond acceptors (Lipinski definition) is 2. The summed E-state index contributed by atoms with van der Waals surface area (Å²) in [6.45, 7) is 2.80. The van der Waals surface area contributed by atoms with Crippen LogP contribution in [-0.2, 0) is 9.53 Å². The van der Waals surface area contributed by atoms with Crippen LogP contribution in [0.5, 0.6) is 0 Å². The van der Waals surface area contributed by atoms with Gasteiger partial charge in [0.2, 0.25) is 0 Å². The first-order valence-corrected chi connectivity index (χ1v) is 12.7. The molecule has 0 aromatic heterocycles. The number of carbonyl (C=O) groups excluding carboxylic acids is 1. The molecule has 0 aliphatic carbocycles. The third kappa shape index (κ3) is 16.5. The van der Waals surface area contributed by atoms with E-state index >= 15 is 0 Å². The van der Waals surface area contributed by atoms with E-state index in [-0.39, 0.29) is 5.97 Å². The molecule has 1 rings (SSSR count). The Hall–Kier alpha value is -1.28. The predicted molar refractivity (Wildman–Crippen MR) is 131 cm³/mol. The van der Waals surface area contributed by atoms with Crippen LogP contribution in [0.3, 0.4) is 0 Å². The molecule has 1 aromatic carbocycles. The Kier molecular flexibility index (Phi) is 17.5. The molecule has 0 fully saturated rings. The lowest BCUT2D eigenvalue weighted by Gasteiger charge is -2.04. The minimum absolute atomic E-state index is 0.272. The maximum atomic E-state index is 11.7. The lowest BCUT2D eigenvalue weighted by Crippen LogP contribution is -2.02. The van der Waals surface area contributed by atoms with E-state index in [2.05, 4.69) is 6.92 Å². The third-order valence-electron chi connectivity index (χ3n) is 5.52. The van der Waals surface area contributed by atoms with Crippen LogP contribution in [0.15, 0.2) is 30.3 Å². The van der Waals surface area contributed by atoms with Crippen molar-refractivity contribution in [3.8, 4) is 0 Å². The average molecular weight is 435 g/mol. The maximum Gasteiger partial charge on any atom is 0.330 e. The summed E-state index contributed by atoms with van der Waals surface area (Å²) < 4.78 is 5.25. The monoisotopic (exact) mass is 434 g/mol. The van der Waals surface area contributed by atoms with Gasteiger partial charge >= 0.3 is 5.97 Å². The minimum Gasteiger partial charge on any atom is -0.463 e. The van der Waals surface area contributed by atoms with Crippen molar-refractivity contribution < 1.29 is 9.53 Å². The number of rotatable bonds is 19. The van der Waals surface area contributed by atoms with Gasteiger partial charge in [0.15, 0.2) is 0 Å². The summed E-state index contributed by atoms with van der Waals surface area (Å²) >= 11 is 5.84. The molecule has 0 saturated carbocycles. The fourth-order valence-electron chi connectivity index (χ4n) is 3.61. The van der Waals surface area contributed by atoms with Crippen molar-refractivity contribution in [3.05, 3.63) is 40.9 Å². The maximum absolute atomic E-state index is 11.7. The summed E-state index contributed by atoms with van der Waals surface area (Å²) in [6.07, 6.45) is 24.8. The number of benzene rings is 1. The van der Waals surface area contributed by atoms with Gasteiger partial charge in [-0.2, -0.15) is 0 Å². The summed E-state index contributed by atoms with van der Waals surface area (Å²) in [7, 11) is 0. The number of unbranched alkanes of at least 4 members (excludes halogenated alkanes) is 15. The third-order valence-corrected chi connectivity index (χ3v) is 5.78. The van der Waals surface area contributed by atoms with Crippen LogP contribution in [0.2, 0.25) is 5.02 Å². The number of hydrogen-bond donors (Lipinski definition) is 0. The van der Waals surface area contributed by atoms with Gasteiger partial charge in [-0.15, -0.1) is 0 Å². The summed E-state index contributed by atoms with van der Waals surface area (Å²) in [5.41, 5.74) is 0.943. The molecule has 0 heterocycles. The Morgan fingerprint density at radius 1 is 0.733 bits per heavy atom. The Labute approximate surface area is 190 Å². The van der Waals surface area contributed by atoms with E-state index in [1.165, 1.54) is 96.0 Å². The molecule has 0 radical (unpaired) electrons. The van der Waals surface area contributed by atoms with Gasteiger partial charge < -0.3 is 4.74 Å². The number of halogens is 1. The van der Waals surface area contributed by atoms with E-state index < -0.39 is 0 Å². The number of carbonyl (C=O) groups is 1. The van der Waals surface area contributed by atoms with Gasteiger partial charge in [-0.05, 0) is 30.2 Å². The first-order valence-electron chi connectivity index (χ1n) is 12.3. The van der Waals surface area contributed by atoms with Gasteiger partial charge in [-0.3, -0.25) is 0 Å². The van der Waals surface area contributed by atoms with Crippen LogP contribution in [0.1, 0.15) is 115 Å². The van der Waals surface area contributed by atoms with Gasteiger partial charge in [0.05, 0.1) is 6.61 Å². The van der Waals surface area contributed by atoms with Gasteiger partial charge in [-0.1, -0.05) is 127 Å². The van der Waals surface area contributed by atoms with Gasteiger partial charge in [0.1, 0.15) is 0 Å².